The lowest BCUT2D eigenvalue weighted by molar-refractivity contribution is -0.201. The molecule has 9 nitrogen and oxygen atoms in total. The summed E-state index contributed by atoms with van der Waals surface area (Å²) in [7, 11) is 0. The second-order valence-electron chi connectivity index (χ2n) is 13.8. The molecule has 7 rings (SSSR count). The number of fused-ring (bicyclic) bond motifs is 7. The molecule has 2 aromatic carbocycles. The smallest absolute Gasteiger partial charge is 0.255 e. The Morgan fingerprint density at radius 2 is 1.87 bits per heavy atom. The Morgan fingerprint density at radius 1 is 1.09 bits per heavy atom. The first-order chi connectivity index (χ1) is 21.5. The molecule has 236 valence electrons. The average molecular weight is 614 g/mol. The molecule has 1 saturated heterocycles. The Hall–Kier alpha value is -3.47. The van der Waals surface area contributed by atoms with Crippen LogP contribution in [-0.4, -0.2) is 57.2 Å². The minimum atomic E-state index is -1.45. The number of anilines is 1. The third-order valence-electron chi connectivity index (χ3n) is 11.6. The van der Waals surface area contributed by atoms with Gasteiger partial charge in [0.1, 0.15) is 6.61 Å². The predicted molar refractivity (Wildman–Crippen MR) is 164 cm³/mol. The van der Waals surface area contributed by atoms with E-state index >= 15 is 0 Å². The molecule has 0 unspecified atom stereocenters. The number of benzene rings is 2. The van der Waals surface area contributed by atoms with Crippen LogP contribution >= 0.6 is 0 Å². The third-order valence-corrected chi connectivity index (χ3v) is 11.6. The molecule has 0 radical (unpaired) electrons. The van der Waals surface area contributed by atoms with E-state index in [4.69, 9.17) is 9.47 Å². The van der Waals surface area contributed by atoms with Crippen molar-refractivity contribution in [2.45, 2.75) is 70.2 Å². The Balaban J connectivity index is 1.17. The predicted octanol–water partition coefficient (Wildman–Crippen LogP) is 4.03. The Kier molecular flexibility index (Phi) is 7.26. The fraction of sp³-hybridized carbons (Fsp3) is 0.472. The second-order valence-corrected chi connectivity index (χ2v) is 13.8. The molecular formula is C36H39NO8. The molecule has 0 aromatic heterocycles. The highest BCUT2D eigenvalue weighted by molar-refractivity contribution is 6.04. The SMILES string of the molecule is C[C@]12C=CC(=O)C=C1CC[C@@H]1[C@@H]2[C@@H](O)C[C@@]2(C)[C@H]1C[C@H]1O[C@@H](c3cccc(NC(=O)c4ccc(CO)cc4)c3)O[C@]12C(=O)CO. The molecule has 1 aliphatic heterocycles. The van der Waals surface area contributed by atoms with Crippen LogP contribution in [0.1, 0.15) is 67.3 Å². The topological polar surface area (TPSA) is 142 Å². The molecule has 4 N–H and O–H groups in total. The van der Waals surface area contributed by atoms with Crippen LogP contribution in [0.4, 0.5) is 5.69 Å². The van der Waals surface area contributed by atoms with Crippen LogP contribution in [0.5, 0.6) is 0 Å². The van der Waals surface area contributed by atoms with E-state index in [1.807, 2.05) is 19.1 Å². The first-order valence-electron chi connectivity index (χ1n) is 15.7. The maximum Gasteiger partial charge on any atom is 0.255 e. The molecule has 45 heavy (non-hydrogen) atoms. The van der Waals surface area contributed by atoms with Gasteiger partial charge in [0.05, 0.1) is 18.8 Å². The van der Waals surface area contributed by atoms with Crippen LogP contribution in [-0.2, 0) is 25.7 Å². The molecule has 9 heteroatoms. The summed E-state index contributed by atoms with van der Waals surface area (Å²) in [6.07, 6.45) is 5.36. The van der Waals surface area contributed by atoms with Crippen LogP contribution < -0.4 is 5.32 Å². The maximum atomic E-state index is 13.8. The number of nitrogens with one attached hydrogen (secondary N) is 1. The van der Waals surface area contributed by atoms with E-state index in [9.17, 15) is 29.7 Å². The second kappa shape index (κ2) is 10.8. The van der Waals surface area contributed by atoms with Crippen molar-refractivity contribution in [1.82, 2.24) is 0 Å². The first kappa shape index (κ1) is 30.2. The maximum absolute atomic E-state index is 13.8. The number of ketones is 2. The van der Waals surface area contributed by atoms with Gasteiger partial charge in [0.2, 0.25) is 0 Å². The number of aliphatic hydroxyl groups is 3. The lowest BCUT2D eigenvalue weighted by atomic mass is 9.46. The fourth-order valence-electron chi connectivity index (χ4n) is 9.56. The van der Waals surface area contributed by atoms with Gasteiger partial charge in [0.15, 0.2) is 23.5 Å². The monoisotopic (exact) mass is 613 g/mol. The fourth-order valence-corrected chi connectivity index (χ4v) is 9.56. The number of carbonyl (C=O) groups excluding carboxylic acids is 3. The summed E-state index contributed by atoms with van der Waals surface area (Å²) in [5.74, 6) is -0.829. The summed E-state index contributed by atoms with van der Waals surface area (Å²) in [6, 6.07) is 13.8. The molecule has 0 bridgehead atoms. The highest BCUT2D eigenvalue weighted by Gasteiger charge is 2.75. The lowest BCUT2D eigenvalue weighted by Gasteiger charge is -2.59. The van der Waals surface area contributed by atoms with Crippen molar-refractivity contribution in [3.63, 3.8) is 0 Å². The Bertz CT molecular complexity index is 1610. The summed E-state index contributed by atoms with van der Waals surface area (Å²) >= 11 is 0. The minimum absolute atomic E-state index is 0.000373. The molecule has 5 aliphatic rings. The molecule has 1 amide bonds. The number of carbonyl (C=O) groups is 3. The normalized spacial score (nSPS) is 38.1. The zero-order chi connectivity index (χ0) is 31.7. The van der Waals surface area contributed by atoms with Gasteiger partial charge in [-0.1, -0.05) is 49.8 Å². The lowest BCUT2D eigenvalue weighted by Crippen LogP contribution is -2.63. The molecule has 1 heterocycles. The zero-order valence-corrected chi connectivity index (χ0v) is 25.4. The van der Waals surface area contributed by atoms with E-state index in [0.717, 1.165) is 18.4 Å². The number of ether oxygens (including phenoxy) is 2. The van der Waals surface area contributed by atoms with Crippen LogP contribution in [0.15, 0.2) is 72.3 Å². The Morgan fingerprint density at radius 3 is 2.60 bits per heavy atom. The number of hydrogen-bond donors (Lipinski definition) is 4. The van der Waals surface area contributed by atoms with Gasteiger partial charge < -0.3 is 30.1 Å². The minimum Gasteiger partial charge on any atom is -0.393 e. The summed E-state index contributed by atoms with van der Waals surface area (Å²) in [5, 5.41) is 34.2. The van der Waals surface area contributed by atoms with Crippen LogP contribution in [0, 0.1) is 28.6 Å². The summed E-state index contributed by atoms with van der Waals surface area (Å²) in [6.45, 7) is 3.29. The standard InChI is InChI=1S/C36H39NO8/c1-34-13-12-25(40)15-23(34)10-11-26-27-16-30-36(29(42)19-39,35(27,2)17-28(41)31(26)34)45-33(44-30)22-4-3-5-24(14-22)37-32(43)21-8-6-20(18-38)7-9-21/h3-9,12-15,26-28,30-31,33,38-39,41H,10-11,16-19H2,1-2H3,(H,37,43)/t26-,27-,28-,30+,31+,33+,34-,35-,36+/m0/s1. The van der Waals surface area contributed by atoms with E-state index in [1.165, 1.54) is 0 Å². The molecule has 3 saturated carbocycles. The summed E-state index contributed by atoms with van der Waals surface area (Å²) in [4.78, 5) is 38.9. The van der Waals surface area contributed by atoms with E-state index in [2.05, 4.69) is 12.2 Å². The number of aliphatic hydroxyl groups excluding tert-OH is 3. The van der Waals surface area contributed by atoms with Crippen molar-refractivity contribution in [1.29, 1.82) is 0 Å². The Labute approximate surface area is 261 Å². The molecular weight excluding hydrogens is 574 g/mol. The van der Waals surface area contributed by atoms with Crippen LogP contribution in [0.3, 0.4) is 0 Å². The van der Waals surface area contributed by atoms with Gasteiger partial charge >= 0.3 is 0 Å². The quantitative estimate of drug-likeness (QED) is 0.383. The number of Topliss-reactive ketones (excluding diaryl/α,β-unsaturated/α-hetero) is 1. The van der Waals surface area contributed by atoms with Crippen molar-refractivity contribution < 1.29 is 39.2 Å². The number of amides is 1. The van der Waals surface area contributed by atoms with E-state index < -0.39 is 47.3 Å². The molecule has 4 fully saturated rings. The molecule has 4 aliphatic carbocycles. The van der Waals surface area contributed by atoms with Crippen LogP contribution in [0.25, 0.3) is 0 Å². The van der Waals surface area contributed by atoms with Gasteiger partial charge in [-0.05, 0) is 79.5 Å². The molecule has 9 atom stereocenters. The molecule has 0 spiro atoms. The highest BCUT2D eigenvalue weighted by Crippen LogP contribution is 2.70. The van der Waals surface area contributed by atoms with Gasteiger partial charge in [-0.15, -0.1) is 0 Å². The number of rotatable bonds is 6. The van der Waals surface area contributed by atoms with Crippen molar-refractivity contribution in [2.75, 3.05) is 11.9 Å². The van der Waals surface area contributed by atoms with Gasteiger partial charge in [-0.25, -0.2) is 0 Å². The van der Waals surface area contributed by atoms with Crippen molar-refractivity contribution in [3.05, 3.63) is 89.0 Å². The number of hydrogen-bond acceptors (Lipinski definition) is 8. The largest absolute Gasteiger partial charge is 0.393 e. The zero-order valence-electron chi connectivity index (χ0n) is 25.4. The third kappa shape index (κ3) is 4.43. The summed E-state index contributed by atoms with van der Waals surface area (Å²) in [5.41, 5.74) is 0.648. The van der Waals surface area contributed by atoms with Crippen molar-refractivity contribution >= 4 is 23.2 Å². The van der Waals surface area contributed by atoms with E-state index in [1.54, 1.807) is 54.6 Å². The van der Waals surface area contributed by atoms with Crippen molar-refractivity contribution in [2.24, 2.45) is 28.6 Å². The molecule has 2 aromatic rings. The van der Waals surface area contributed by atoms with E-state index in [0.29, 0.717) is 35.2 Å². The van der Waals surface area contributed by atoms with Crippen LogP contribution in [0.2, 0.25) is 0 Å². The highest BCUT2D eigenvalue weighted by atomic mass is 16.7. The van der Waals surface area contributed by atoms with Crippen molar-refractivity contribution in [3.8, 4) is 0 Å². The number of allylic oxidation sites excluding steroid dienone is 4. The van der Waals surface area contributed by atoms with Gasteiger partial charge in [-0.2, -0.15) is 0 Å². The van der Waals surface area contributed by atoms with Gasteiger partial charge in [0.25, 0.3) is 5.91 Å². The van der Waals surface area contributed by atoms with Gasteiger partial charge in [-0.3, -0.25) is 14.4 Å². The van der Waals surface area contributed by atoms with Gasteiger partial charge in [0, 0.05) is 33.6 Å². The summed E-state index contributed by atoms with van der Waals surface area (Å²) < 4.78 is 13.2. The first-order valence-corrected chi connectivity index (χ1v) is 15.7. The average Bonchev–Trinajstić information content (AvgIpc) is 3.54. The van der Waals surface area contributed by atoms with E-state index in [-0.39, 0.29) is 36.1 Å².